The molecule has 0 saturated heterocycles. The first-order chi connectivity index (χ1) is 9.82. The van der Waals surface area contributed by atoms with Crippen molar-refractivity contribution in [2.24, 2.45) is 11.7 Å². The number of carbonyl (C=O) groups is 1. The Morgan fingerprint density at radius 1 is 1.32 bits per heavy atom. The smallest absolute Gasteiger partial charge is 0.222 e. The van der Waals surface area contributed by atoms with E-state index >= 15 is 0 Å². The first-order valence-corrected chi connectivity index (χ1v) is 7.25. The van der Waals surface area contributed by atoms with Crippen LogP contribution in [-0.4, -0.2) is 30.4 Å². The highest BCUT2D eigenvalue weighted by atomic mass is 35.5. The maximum absolute atomic E-state index is 13.5. The minimum atomic E-state index is -0.879. The molecular formula is C16H25ClF2N2O. The molecule has 22 heavy (non-hydrogen) atoms. The molecule has 0 aromatic heterocycles. The fourth-order valence-corrected chi connectivity index (χ4v) is 1.97. The molecule has 1 aromatic rings. The van der Waals surface area contributed by atoms with Gasteiger partial charge in [-0.05, 0) is 30.4 Å². The molecule has 0 heterocycles. The van der Waals surface area contributed by atoms with Crippen molar-refractivity contribution < 1.29 is 13.6 Å². The Morgan fingerprint density at radius 2 is 1.95 bits per heavy atom. The van der Waals surface area contributed by atoms with Crippen LogP contribution >= 0.6 is 12.4 Å². The fourth-order valence-electron chi connectivity index (χ4n) is 1.97. The molecule has 1 unspecified atom stereocenters. The molecule has 1 atom stereocenters. The minimum Gasteiger partial charge on any atom is -0.346 e. The third-order valence-corrected chi connectivity index (χ3v) is 3.72. The van der Waals surface area contributed by atoms with Gasteiger partial charge in [0.15, 0.2) is 11.6 Å². The lowest BCUT2D eigenvalue weighted by Gasteiger charge is -2.21. The average molecular weight is 335 g/mol. The Balaban J connectivity index is 0.00000441. The summed E-state index contributed by atoms with van der Waals surface area (Å²) in [4.78, 5) is 13.6. The highest BCUT2D eigenvalue weighted by Gasteiger charge is 2.14. The summed E-state index contributed by atoms with van der Waals surface area (Å²) in [6.45, 7) is 4.66. The molecule has 1 amide bonds. The van der Waals surface area contributed by atoms with Crippen LogP contribution in [0.3, 0.4) is 0 Å². The van der Waals surface area contributed by atoms with Crippen LogP contribution in [-0.2, 0) is 11.2 Å². The highest BCUT2D eigenvalue weighted by Crippen LogP contribution is 2.14. The molecule has 1 aromatic carbocycles. The molecule has 0 saturated carbocycles. The predicted octanol–water partition coefficient (Wildman–Crippen LogP) is 3.15. The number of amides is 1. The standard InChI is InChI=1S/C16H24F2N2O.ClH/c1-11(2)14(19)9-10-20(3)15(21)8-7-12-5-4-6-13(17)16(12)18;/h4-6,11,14H,7-10,19H2,1-3H3;1H. The highest BCUT2D eigenvalue weighted by molar-refractivity contribution is 5.85. The second-order valence-corrected chi connectivity index (χ2v) is 5.72. The average Bonchev–Trinajstić information content (AvgIpc) is 2.45. The lowest BCUT2D eigenvalue weighted by molar-refractivity contribution is -0.130. The SMILES string of the molecule is CC(C)C(N)CCN(C)C(=O)CCc1cccc(F)c1F.Cl. The van der Waals surface area contributed by atoms with Gasteiger partial charge in [-0.15, -0.1) is 12.4 Å². The summed E-state index contributed by atoms with van der Waals surface area (Å²) in [6, 6.07) is 4.07. The van der Waals surface area contributed by atoms with Gasteiger partial charge in [-0.25, -0.2) is 8.78 Å². The molecule has 3 nitrogen and oxygen atoms in total. The van der Waals surface area contributed by atoms with Crippen LogP contribution in [0.25, 0.3) is 0 Å². The molecule has 0 bridgehead atoms. The number of halogens is 3. The van der Waals surface area contributed by atoms with Gasteiger partial charge in [0.05, 0.1) is 0 Å². The van der Waals surface area contributed by atoms with Crippen LogP contribution in [0.1, 0.15) is 32.3 Å². The van der Waals surface area contributed by atoms with Crippen molar-refractivity contribution >= 4 is 18.3 Å². The number of nitrogens with two attached hydrogens (primary N) is 1. The number of aryl methyl sites for hydroxylation is 1. The molecule has 0 aliphatic rings. The van der Waals surface area contributed by atoms with Crippen molar-refractivity contribution in [3.05, 3.63) is 35.4 Å². The number of hydrogen-bond donors (Lipinski definition) is 1. The van der Waals surface area contributed by atoms with Crippen LogP contribution in [0.15, 0.2) is 18.2 Å². The molecule has 0 spiro atoms. The zero-order valence-electron chi connectivity index (χ0n) is 13.3. The van der Waals surface area contributed by atoms with E-state index in [1.165, 1.54) is 12.1 Å². The van der Waals surface area contributed by atoms with E-state index in [4.69, 9.17) is 5.73 Å². The summed E-state index contributed by atoms with van der Waals surface area (Å²) in [5.41, 5.74) is 6.17. The topological polar surface area (TPSA) is 46.3 Å². The number of nitrogens with zero attached hydrogens (tertiary/aromatic N) is 1. The molecule has 0 radical (unpaired) electrons. The Hall–Kier alpha value is -1.20. The Bertz CT molecular complexity index is 483. The van der Waals surface area contributed by atoms with Crippen LogP contribution in [0, 0.1) is 17.6 Å². The lowest BCUT2D eigenvalue weighted by atomic mass is 10.0. The van der Waals surface area contributed by atoms with Gasteiger partial charge in [-0.3, -0.25) is 4.79 Å². The quantitative estimate of drug-likeness (QED) is 0.832. The van der Waals surface area contributed by atoms with E-state index in [-0.39, 0.29) is 42.8 Å². The number of benzene rings is 1. The second kappa shape index (κ2) is 9.74. The summed E-state index contributed by atoms with van der Waals surface area (Å²) >= 11 is 0. The summed E-state index contributed by atoms with van der Waals surface area (Å²) in [5, 5.41) is 0. The Labute approximate surface area is 137 Å². The molecule has 2 N–H and O–H groups in total. The van der Waals surface area contributed by atoms with Crippen molar-refractivity contribution in [2.75, 3.05) is 13.6 Å². The second-order valence-electron chi connectivity index (χ2n) is 5.72. The summed E-state index contributed by atoms with van der Waals surface area (Å²) < 4.78 is 26.5. The van der Waals surface area contributed by atoms with E-state index in [1.54, 1.807) is 11.9 Å². The molecule has 0 aliphatic carbocycles. The van der Waals surface area contributed by atoms with Crippen molar-refractivity contribution in [1.82, 2.24) is 4.90 Å². The molecule has 6 heteroatoms. The van der Waals surface area contributed by atoms with Crippen LogP contribution in [0.2, 0.25) is 0 Å². The van der Waals surface area contributed by atoms with Gasteiger partial charge >= 0.3 is 0 Å². The number of carbonyl (C=O) groups excluding carboxylic acids is 1. The van der Waals surface area contributed by atoms with Gasteiger partial charge in [-0.2, -0.15) is 0 Å². The first-order valence-electron chi connectivity index (χ1n) is 7.25. The summed E-state index contributed by atoms with van der Waals surface area (Å²) in [5.74, 6) is -1.46. The van der Waals surface area contributed by atoms with E-state index in [1.807, 2.05) is 13.8 Å². The van der Waals surface area contributed by atoms with E-state index in [0.29, 0.717) is 12.5 Å². The van der Waals surface area contributed by atoms with E-state index < -0.39 is 11.6 Å². The van der Waals surface area contributed by atoms with Crippen LogP contribution in [0.4, 0.5) is 8.78 Å². The van der Waals surface area contributed by atoms with Crippen molar-refractivity contribution in [3.63, 3.8) is 0 Å². The van der Waals surface area contributed by atoms with Crippen LogP contribution in [0.5, 0.6) is 0 Å². The van der Waals surface area contributed by atoms with Crippen molar-refractivity contribution in [3.8, 4) is 0 Å². The zero-order valence-corrected chi connectivity index (χ0v) is 14.1. The third kappa shape index (κ3) is 6.28. The zero-order chi connectivity index (χ0) is 16.0. The number of hydrogen-bond acceptors (Lipinski definition) is 2. The first kappa shape index (κ1) is 20.8. The minimum absolute atomic E-state index is 0. The molecule has 0 fully saturated rings. The molecule has 126 valence electrons. The van der Waals surface area contributed by atoms with Crippen molar-refractivity contribution in [2.45, 2.75) is 39.2 Å². The Kier molecular flexibility index (Phi) is 9.21. The fraction of sp³-hybridized carbons (Fsp3) is 0.562. The monoisotopic (exact) mass is 334 g/mol. The van der Waals surface area contributed by atoms with Crippen molar-refractivity contribution in [1.29, 1.82) is 0 Å². The Morgan fingerprint density at radius 3 is 2.55 bits per heavy atom. The van der Waals surface area contributed by atoms with Gasteiger partial charge in [0, 0.05) is 26.1 Å². The largest absolute Gasteiger partial charge is 0.346 e. The van der Waals surface area contributed by atoms with Gasteiger partial charge in [-0.1, -0.05) is 26.0 Å². The van der Waals surface area contributed by atoms with E-state index in [2.05, 4.69) is 0 Å². The normalized spacial score (nSPS) is 12.0. The summed E-state index contributed by atoms with van der Waals surface area (Å²) in [7, 11) is 1.71. The molecular weight excluding hydrogens is 310 g/mol. The predicted molar refractivity (Wildman–Crippen MR) is 87.0 cm³/mol. The number of rotatable bonds is 7. The lowest BCUT2D eigenvalue weighted by Crippen LogP contribution is -2.34. The van der Waals surface area contributed by atoms with Crippen LogP contribution < -0.4 is 5.73 Å². The molecule has 0 aliphatic heterocycles. The van der Waals surface area contributed by atoms with Gasteiger partial charge in [0.25, 0.3) is 0 Å². The third-order valence-electron chi connectivity index (χ3n) is 3.72. The molecule has 1 rings (SSSR count). The van der Waals surface area contributed by atoms with Gasteiger partial charge < -0.3 is 10.6 Å². The maximum Gasteiger partial charge on any atom is 0.222 e. The van der Waals surface area contributed by atoms with E-state index in [0.717, 1.165) is 12.5 Å². The van der Waals surface area contributed by atoms with Gasteiger partial charge in [0.2, 0.25) is 5.91 Å². The maximum atomic E-state index is 13.5. The van der Waals surface area contributed by atoms with Gasteiger partial charge in [0.1, 0.15) is 0 Å². The summed E-state index contributed by atoms with van der Waals surface area (Å²) in [6.07, 6.45) is 1.09. The van der Waals surface area contributed by atoms with E-state index in [9.17, 15) is 13.6 Å².